The Balaban J connectivity index is 2.54. The molecule has 0 saturated heterocycles. The fourth-order valence-electron chi connectivity index (χ4n) is 1.21. The highest BCUT2D eigenvalue weighted by molar-refractivity contribution is 6.04. The van der Waals surface area contributed by atoms with Crippen LogP contribution in [-0.4, -0.2) is 18.5 Å². The van der Waals surface area contributed by atoms with Gasteiger partial charge in [-0.25, -0.2) is 4.79 Å². The molecule has 1 amide bonds. The van der Waals surface area contributed by atoms with Crippen molar-refractivity contribution >= 4 is 11.9 Å². The van der Waals surface area contributed by atoms with E-state index >= 15 is 0 Å². The molecule has 0 aromatic heterocycles. The zero-order valence-corrected chi connectivity index (χ0v) is 9.82. The second-order valence-electron chi connectivity index (χ2n) is 3.54. The van der Waals surface area contributed by atoms with Crippen LogP contribution in [0.4, 0.5) is 4.79 Å². The number of hydrogen-bond donors (Lipinski definition) is 3. The number of benzene rings is 1. The summed E-state index contributed by atoms with van der Waals surface area (Å²) in [5, 5.41) is 10.0. The van der Waals surface area contributed by atoms with Crippen molar-refractivity contribution in [1.82, 2.24) is 5.32 Å². The predicted octanol–water partition coefficient (Wildman–Crippen LogP) is 1.61. The standard InChI is InChI=1S/C12H17N3O2/c1-2-7-17-12(16)15-11(14)10-5-3-9(8-13)4-6-10/h3-6H,2,7-8,13H2,1H3,(H2,14,15,16). The van der Waals surface area contributed by atoms with E-state index in [9.17, 15) is 4.79 Å². The number of ether oxygens (including phenoxy) is 1. The smallest absolute Gasteiger partial charge is 0.412 e. The molecule has 0 unspecified atom stereocenters. The number of nitrogens with two attached hydrogens (primary N) is 1. The number of nitrogens with one attached hydrogen (secondary N) is 2. The minimum absolute atomic E-state index is 0.0228. The van der Waals surface area contributed by atoms with Crippen LogP contribution in [0, 0.1) is 5.41 Å². The second-order valence-corrected chi connectivity index (χ2v) is 3.54. The summed E-state index contributed by atoms with van der Waals surface area (Å²) < 4.78 is 4.82. The molecule has 5 heteroatoms. The SMILES string of the molecule is CCCOC(=O)NC(=N)c1ccc(CN)cc1. The highest BCUT2D eigenvalue weighted by Gasteiger charge is 2.06. The van der Waals surface area contributed by atoms with Crippen molar-refractivity contribution in [1.29, 1.82) is 5.41 Å². The Morgan fingerprint density at radius 2 is 2.06 bits per heavy atom. The van der Waals surface area contributed by atoms with Gasteiger partial charge in [-0.15, -0.1) is 0 Å². The summed E-state index contributed by atoms with van der Waals surface area (Å²) in [5.41, 5.74) is 7.07. The third-order valence-corrected chi connectivity index (χ3v) is 2.14. The molecule has 0 atom stereocenters. The molecule has 0 heterocycles. The van der Waals surface area contributed by atoms with Crippen molar-refractivity contribution in [3.05, 3.63) is 35.4 Å². The van der Waals surface area contributed by atoms with Crippen molar-refractivity contribution < 1.29 is 9.53 Å². The molecule has 5 nitrogen and oxygen atoms in total. The molecule has 0 radical (unpaired) electrons. The van der Waals surface area contributed by atoms with Gasteiger partial charge in [-0.3, -0.25) is 10.7 Å². The lowest BCUT2D eigenvalue weighted by Gasteiger charge is -2.07. The zero-order valence-electron chi connectivity index (χ0n) is 9.82. The van der Waals surface area contributed by atoms with Crippen molar-refractivity contribution in [2.24, 2.45) is 5.73 Å². The molecule has 0 spiro atoms. The summed E-state index contributed by atoms with van der Waals surface area (Å²) in [6, 6.07) is 7.13. The average Bonchev–Trinajstić information content (AvgIpc) is 2.36. The number of carbonyl (C=O) groups is 1. The molecular weight excluding hydrogens is 218 g/mol. The van der Waals surface area contributed by atoms with Crippen molar-refractivity contribution in [3.63, 3.8) is 0 Å². The molecule has 0 bridgehead atoms. The van der Waals surface area contributed by atoms with Gasteiger partial charge in [-0.05, 0) is 12.0 Å². The molecule has 1 rings (SSSR count). The van der Waals surface area contributed by atoms with Crippen molar-refractivity contribution in [2.45, 2.75) is 19.9 Å². The monoisotopic (exact) mass is 235 g/mol. The van der Waals surface area contributed by atoms with E-state index in [0.717, 1.165) is 12.0 Å². The van der Waals surface area contributed by atoms with Gasteiger partial charge in [0, 0.05) is 12.1 Å². The summed E-state index contributed by atoms with van der Waals surface area (Å²) >= 11 is 0. The van der Waals surface area contributed by atoms with Gasteiger partial charge in [0.25, 0.3) is 0 Å². The summed E-state index contributed by atoms with van der Waals surface area (Å²) in [6.45, 7) is 2.72. The van der Waals surface area contributed by atoms with E-state index in [0.29, 0.717) is 18.7 Å². The van der Waals surface area contributed by atoms with Crippen LogP contribution in [0.1, 0.15) is 24.5 Å². The molecule has 0 aliphatic rings. The Labute approximate surface area is 100 Å². The average molecular weight is 235 g/mol. The first-order valence-electron chi connectivity index (χ1n) is 5.49. The van der Waals surface area contributed by atoms with E-state index in [1.165, 1.54) is 0 Å². The van der Waals surface area contributed by atoms with Gasteiger partial charge < -0.3 is 10.5 Å². The lowest BCUT2D eigenvalue weighted by molar-refractivity contribution is 0.152. The Bertz CT molecular complexity index is 387. The van der Waals surface area contributed by atoms with E-state index in [-0.39, 0.29) is 5.84 Å². The van der Waals surface area contributed by atoms with Crippen LogP contribution in [0.5, 0.6) is 0 Å². The minimum atomic E-state index is -0.597. The van der Waals surface area contributed by atoms with E-state index < -0.39 is 6.09 Å². The lowest BCUT2D eigenvalue weighted by atomic mass is 10.1. The third kappa shape index (κ3) is 4.24. The van der Waals surface area contributed by atoms with E-state index in [4.69, 9.17) is 15.9 Å². The molecule has 17 heavy (non-hydrogen) atoms. The summed E-state index contributed by atoms with van der Waals surface area (Å²) in [6.07, 6.45) is 0.158. The largest absolute Gasteiger partial charge is 0.449 e. The van der Waals surface area contributed by atoms with Gasteiger partial charge in [-0.2, -0.15) is 0 Å². The van der Waals surface area contributed by atoms with E-state index in [1.807, 2.05) is 19.1 Å². The minimum Gasteiger partial charge on any atom is -0.449 e. The number of amidine groups is 1. The number of hydrogen-bond acceptors (Lipinski definition) is 4. The number of carbonyl (C=O) groups excluding carboxylic acids is 1. The Morgan fingerprint density at radius 3 is 2.59 bits per heavy atom. The van der Waals surface area contributed by atoms with Crippen LogP contribution in [-0.2, 0) is 11.3 Å². The molecule has 1 aromatic carbocycles. The van der Waals surface area contributed by atoms with Gasteiger partial charge >= 0.3 is 6.09 Å². The van der Waals surface area contributed by atoms with E-state index in [2.05, 4.69) is 5.32 Å². The first-order valence-corrected chi connectivity index (χ1v) is 5.49. The first-order chi connectivity index (χ1) is 8.17. The predicted molar refractivity (Wildman–Crippen MR) is 65.9 cm³/mol. The van der Waals surface area contributed by atoms with Crippen LogP contribution in [0.25, 0.3) is 0 Å². The van der Waals surface area contributed by atoms with Gasteiger partial charge in [0.1, 0.15) is 5.84 Å². The summed E-state index contributed by atoms with van der Waals surface area (Å²) in [5.74, 6) is 0.0228. The fourth-order valence-corrected chi connectivity index (χ4v) is 1.21. The summed E-state index contributed by atoms with van der Waals surface area (Å²) in [7, 11) is 0. The van der Waals surface area contributed by atoms with Gasteiger partial charge in [0.05, 0.1) is 6.61 Å². The normalized spacial score (nSPS) is 9.76. The molecular formula is C12H17N3O2. The zero-order chi connectivity index (χ0) is 12.7. The third-order valence-electron chi connectivity index (χ3n) is 2.14. The van der Waals surface area contributed by atoms with Crippen molar-refractivity contribution in [3.8, 4) is 0 Å². The number of rotatable bonds is 4. The molecule has 0 saturated carbocycles. The van der Waals surface area contributed by atoms with Gasteiger partial charge in [0.2, 0.25) is 0 Å². The Hall–Kier alpha value is -1.88. The van der Waals surface area contributed by atoms with Gasteiger partial charge in [0.15, 0.2) is 0 Å². The van der Waals surface area contributed by atoms with Gasteiger partial charge in [-0.1, -0.05) is 31.2 Å². The highest BCUT2D eigenvalue weighted by atomic mass is 16.5. The van der Waals surface area contributed by atoms with Crippen LogP contribution < -0.4 is 11.1 Å². The quantitative estimate of drug-likeness (QED) is 0.547. The second kappa shape index (κ2) is 6.65. The number of amides is 1. The Kier molecular flexibility index (Phi) is 5.16. The first kappa shape index (κ1) is 13.2. The van der Waals surface area contributed by atoms with Crippen LogP contribution in [0.3, 0.4) is 0 Å². The summed E-state index contributed by atoms with van der Waals surface area (Å²) in [4.78, 5) is 11.2. The van der Waals surface area contributed by atoms with Crippen LogP contribution in [0.2, 0.25) is 0 Å². The molecule has 92 valence electrons. The highest BCUT2D eigenvalue weighted by Crippen LogP contribution is 2.03. The molecule has 0 aliphatic carbocycles. The molecule has 1 aromatic rings. The molecule has 0 aliphatic heterocycles. The van der Waals surface area contributed by atoms with Crippen LogP contribution in [0.15, 0.2) is 24.3 Å². The maximum atomic E-state index is 11.2. The molecule has 4 N–H and O–H groups in total. The van der Waals surface area contributed by atoms with Crippen LogP contribution >= 0.6 is 0 Å². The molecule has 0 fully saturated rings. The topological polar surface area (TPSA) is 88.2 Å². The number of alkyl carbamates (subject to hydrolysis) is 1. The van der Waals surface area contributed by atoms with Crippen molar-refractivity contribution in [2.75, 3.05) is 6.61 Å². The lowest BCUT2D eigenvalue weighted by Crippen LogP contribution is -2.31. The Morgan fingerprint density at radius 1 is 1.41 bits per heavy atom. The van der Waals surface area contributed by atoms with E-state index in [1.54, 1.807) is 12.1 Å². The maximum Gasteiger partial charge on any atom is 0.412 e. The fraction of sp³-hybridized carbons (Fsp3) is 0.333. The maximum absolute atomic E-state index is 11.2.